The van der Waals surface area contributed by atoms with Crippen molar-refractivity contribution in [3.63, 3.8) is 0 Å². The fourth-order valence-electron chi connectivity index (χ4n) is 0.988. The van der Waals surface area contributed by atoms with Crippen LogP contribution in [-0.4, -0.2) is 25.7 Å². The minimum Gasteiger partial charge on any atom is -0.469 e. The summed E-state index contributed by atoms with van der Waals surface area (Å²) in [5.74, 6) is 0.375. The number of esters is 1. The van der Waals surface area contributed by atoms with Crippen LogP contribution in [-0.2, 0) is 9.53 Å². The number of ether oxygens (including phenoxy) is 1. The van der Waals surface area contributed by atoms with Crippen LogP contribution in [0.3, 0.4) is 0 Å². The van der Waals surface area contributed by atoms with Gasteiger partial charge in [-0.1, -0.05) is 20.8 Å². The Morgan fingerprint density at radius 2 is 1.85 bits per heavy atom. The Balaban J connectivity index is 3.82. The molecule has 2 atom stereocenters. The van der Waals surface area contributed by atoms with Crippen molar-refractivity contribution < 1.29 is 9.53 Å². The van der Waals surface area contributed by atoms with Crippen molar-refractivity contribution in [3.8, 4) is 0 Å². The van der Waals surface area contributed by atoms with Crippen molar-refractivity contribution in [3.05, 3.63) is 0 Å². The quantitative estimate of drug-likeness (QED) is 0.662. The zero-order valence-corrected chi connectivity index (χ0v) is 9.26. The Kier molecular flexibility index (Phi) is 5.71. The first kappa shape index (κ1) is 12.4. The van der Waals surface area contributed by atoms with Gasteiger partial charge in [0.1, 0.15) is 0 Å². The zero-order valence-electron chi connectivity index (χ0n) is 9.26. The van der Waals surface area contributed by atoms with Crippen LogP contribution in [0.2, 0.25) is 0 Å². The molecule has 0 saturated heterocycles. The predicted octanol–water partition coefficient (Wildman–Crippen LogP) is 1.43. The summed E-state index contributed by atoms with van der Waals surface area (Å²) < 4.78 is 4.66. The van der Waals surface area contributed by atoms with Gasteiger partial charge < -0.3 is 10.1 Å². The van der Waals surface area contributed by atoms with Crippen LogP contribution in [0.15, 0.2) is 0 Å². The number of rotatable bonds is 5. The first-order valence-electron chi connectivity index (χ1n) is 4.80. The monoisotopic (exact) mass is 187 g/mol. The largest absolute Gasteiger partial charge is 0.469 e. The van der Waals surface area contributed by atoms with Gasteiger partial charge in [0.2, 0.25) is 0 Å². The molecule has 3 heteroatoms. The lowest BCUT2D eigenvalue weighted by atomic mass is 10.0. The molecule has 0 spiro atoms. The van der Waals surface area contributed by atoms with Crippen LogP contribution in [0, 0.1) is 11.8 Å². The summed E-state index contributed by atoms with van der Waals surface area (Å²) in [7, 11) is 1.42. The molecule has 0 aromatic rings. The summed E-state index contributed by atoms with van der Waals surface area (Å²) in [6.45, 7) is 9.10. The topological polar surface area (TPSA) is 38.3 Å². The van der Waals surface area contributed by atoms with Crippen molar-refractivity contribution in [2.45, 2.75) is 33.7 Å². The van der Waals surface area contributed by atoms with Crippen molar-refractivity contribution >= 4 is 5.97 Å². The lowest BCUT2D eigenvalue weighted by molar-refractivity contribution is -0.145. The van der Waals surface area contributed by atoms with Gasteiger partial charge in [-0.25, -0.2) is 0 Å². The minimum atomic E-state index is -0.149. The van der Waals surface area contributed by atoms with Gasteiger partial charge in [-0.05, 0) is 19.4 Å². The highest BCUT2D eigenvalue weighted by Gasteiger charge is 2.20. The van der Waals surface area contributed by atoms with Gasteiger partial charge >= 0.3 is 5.97 Å². The number of methoxy groups -OCH3 is 1. The maximum atomic E-state index is 11.1. The van der Waals surface area contributed by atoms with Crippen LogP contribution >= 0.6 is 0 Å². The van der Waals surface area contributed by atoms with E-state index in [9.17, 15) is 4.79 Å². The number of carbonyl (C=O) groups is 1. The normalized spacial score (nSPS) is 15.5. The van der Waals surface area contributed by atoms with Crippen molar-refractivity contribution in [1.82, 2.24) is 5.32 Å². The van der Waals surface area contributed by atoms with Crippen molar-refractivity contribution in [2.75, 3.05) is 13.7 Å². The number of hydrogen-bond acceptors (Lipinski definition) is 3. The molecule has 0 aliphatic rings. The molecule has 0 aliphatic carbocycles. The Hall–Kier alpha value is -0.570. The third kappa shape index (κ3) is 4.88. The summed E-state index contributed by atoms with van der Waals surface area (Å²) in [4.78, 5) is 11.1. The Morgan fingerprint density at radius 3 is 2.23 bits per heavy atom. The molecular formula is C10H21NO2. The van der Waals surface area contributed by atoms with Crippen LogP contribution < -0.4 is 5.32 Å². The molecule has 78 valence electrons. The van der Waals surface area contributed by atoms with E-state index in [1.807, 2.05) is 13.8 Å². The smallest absolute Gasteiger partial charge is 0.309 e. The van der Waals surface area contributed by atoms with E-state index in [1.54, 1.807) is 0 Å². The van der Waals surface area contributed by atoms with E-state index in [1.165, 1.54) is 7.11 Å². The van der Waals surface area contributed by atoms with E-state index in [4.69, 9.17) is 0 Å². The molecule has 0 bridgehead atoms. The molecule has 0 rings (SSSR count). The first-order chi connectivity index (χ1) is 5.99. The summed E-state index contributed by atoms with van der Waals surface area (Å²) in [5.41, 5.74) is 0. The summed E-state index contributed by atoms with van der Waals surface area (Å²) in [6.07, 6.45) is 0. The summed E-state index contributed by atoms with van der Waals surface area (Å²) in [5, 5.41) is 3.30. The average Bonchev–Trinajstić information content (AvgIpc) is 2.11. The molecule has 0 fully saturated rings. The van der Waals surface area contributed by atoms with Gasteiger partial charge in [0.25, 0.3) is 0 Å². The molecule has 3 nitrogen and oxygen atoms in total. The average molecular weight is 187 g/mol. The first-order valence-corrected chi connectivity index (χ1v) is 4.80. The Labute approximate surface area is 80.8 Å². The second-order valence-corrected chi connectivity index (χ2v) is 3.90. The van der Waals surface area contributed by atoms with E-state index < -0.39 is 0 Å². The van der Waals surface area contributed by atoms with E-state index >= 15 is 0 Å². The number of nitrogens with one attached hydrogen (secondary N) is 1. The molecule has 2 unspecified atom stereocenters. The molecule has 0 aliphatic heterocycles. The van der Waals surface area contributed by atoms with E-state index in [-0.39, 0.29) is 17.9 Å². The van der Waals surface area contributed by atoms with Crippen LogP contribution in [0.5, 0.6) is 0 Å². The summed E-state index contributed by atoms with van der Waals surface area (Å²) >= 11 is 0. The van der Waals surface area contributed by atoms with Crippen molar-refractivity contribution in [2.24, 2.45) is 11.8 Å². The van der Waals surface area contributed by atoms with Gasteiger partial charge in [-0.2, -0.15) is 0 Å². The molecule has 0 aromatic carbocycles. The maximum absolute atomic E-state index is 11.1. The molecule has 0 heterocycles. The molecule has 0 radical (unpaired) electrons. The van der Waals surface area contributed by atoms with E-state index in [2.05, 4.69) is 23.9 Å². The molecule has 0 amide bonds. The Bertz CT molecular complexity index is 157. The molecular weight excluding hydrogens is 166 g/mol. The van der Waals surface area contributed by atoms with Crippen LogP contribution in [0.1, 0.15) is 27.7 Å². The molecule has 0 aromatic heterocycles. The predicted molar refractivity (Wildman–Crippen MR) is 53.5 cm³/mol. The second kappa shape index (κ2) is 5.97. The third-order valence-electron chi connectivity index (χ3n) is 2.17. The SMILES string of the molecule is COC(=O)C(C)C(C)NCC(C)C. The lowest BCUT2D eigenvalue weighted by Crippen LogP contribution is -2.38. The highest BCUT2D eigenvalue weighted by molar-refractivity contribution is 5.72. The van der Waals surface area contributed by atoms with Gasteiger partial charge in [-0.15, -0.1) is 0 Å². The maximum Gasteiger partial charge on any atom is 0.309 e. The number of hydrogen-bond donors (Lipinski definition) is 1. The molecule has 1 N–H and O–H groups in total. The second-order valence-electron chi connectivity index (χ2n) is 3.90. The highest BCUT2D eigenvalue weighted by atomic mass is 16.5. The minimum absolute atomic E-state index is 0.0799. The zero-order chi connectivity index (χ0) is 10.4. The van der Waals surface area contributed by atoms with E-state index in [0.29, 0.717) is 5.92 Å². The molecule has 0 saturated carbocycles. The van der Waals surface area contributed by atoms with Crippen LogP contribution in [0.4, 0.5) is 0 Å². The summed E-state index contributed by atoms with van der Waals surface area (Å²) in [6, 6.07) is 0.176. The standard InChI is InChI=1S/C10H21NO2/c1-7(2)6-11-9(4)8(3)10(12)13-5/h7-9,11H,6H2,1-5H3. The lowest BCUT2D eigenvalue weighted by Gasteiger charge is -2.20. The molecule has 13 heavy (non-hydrogen) atoms. The highest BCUT2D eigenvalue weighted by Crippen LogP contribution is 2.04. The van der Waals surface area contributed by atoms with Gasteiger partial charge in [0.15, 0.2) is 0 Å². The van der Waals surface area contributed by atoms with Gasteiger partial charge in [-0.3, -0.25) is 4.79 Å². The van der Waals surface area contributed by atoms with Crippen LogP contribution in [0.25, 0.3) is 0 Å². The van der Waals surface area contributed by atoms with Crippen molar-refractivity contribution in [1.29, 1.82) is 0 Å². The van der Waals surface area contributed by atoms with E-state index in [0.717, 1.165) is 6.54 Å². The fourth-order valence-corrected chi connectivity index (χ4v) is 0.988. The number of carbonyl (C=O) groups excluding carboxylic acids is 1. The Morgan fingerprint density at radius 1 is 1.31 bits per heavy atom. The van der Waals surface area contributed by atoms with Gasteiger partial charge in [0, 0.05) is 6.04 Å². The third-order valence-corrected chi connectivity index (χ3v) is 2.17. The fraction of sp³-hybridized carbons (Fsp3) is 0.900. The van der Waals surface area contributed by atoms with Gasteiger partial charge in [0.05, 0.1) is 13.0 Å².